The van der Waals surface area contributed by atoms with Crippen molar-refractivity contribution < 1.29 is 4.74 Å². The predicted molar refractivity (Wildman–Crippen MR) is 52.6 cm³/mol. The van der Waals surface area contributed by atoms with Crippen LogP contribution < -0.4 is 0 Å². The summed E-state index contributed by atoms with van der Waals surface area (Å²) in [6, 6.07) is 5.63. The van der Waals surface area contributed by atoms with Gasteiger partial charge in [-0.1, -0.05) is 12.6 Å². The smallest absolute Gasteiger partial charge is 0.137 e. The highest BCUT2D eigenvalue weighted by Crippen LogP contribution is 2.13. The molecule has 0 aromatic carbocycles. The van der Waals surface area contributed by atoms with Gasteiger partial charge in [-0.3, -0.25) is 0 Å². The minimum Gasteiger partial charge on any atom is -0.492 e. The molecule has 0 N–H and O–H groups in total. The van der Waals surface area contributed by atoms with Crippen molar-refractivity contribution in [2.45, 2.75) is 6.92 Å². The van der Waals surface area contributed by atoms with Gasteiger partial charge in [0.25, 0.3) is 0 Å². The van der Waals surface area contributed by atoms with Gasteiger partial charge in [0.2, 0.25) is 0 Å². The van der Waals surface area contributed by atoms with Crippen molar-refractivity contribution in [3.8, 4) is 0 Å². The Morgan fingerprint density at radius 2 is 2.42 bits per heavy atom. The Morgan fingerprint density at radius 3 is 3.00 bits per heavy atom. The minimum atomic E-state index is 0.610. The molecule has 0 unspecified atom stereocenters. The second-order valence-electron chi connectivity index (χ2n) is 2.20. The molecule has 1 aromatic rings. The van der Waals surface area contributed by atoms with Crippen LogP contribution in [0.15, 0.2) is 29.4 Å². The average molecular weight is 228 g/mol. The zero-order valence-corrected chi connectivity index (χ0v) is 8.47. The van der Waals surface area contributed by atoms with E-state index in [1.54, 1.807) is 0 Å². The minimum absolute atomic E-state index is 0.610. The number of hydrogen-bond donors (Lipinski definition) is 0. The molecule has 0 aliphatic carbocycles. The molecule has 0 amide bonds. The van der Waals surface area contributed by atoms with E-state index in [0.717, 1.165) is 10.3 Å². The molecule has 0 atom stereocenters. The third-order valence-corrected chi connectivity index (χ3v) is 1.76. The first-order valence-corrected chi connectivity index (χ1v) is 4.48. The average Bonchev–Trinajstić information content (AvgIpc) is 2.05. The van der Waals surface area contributed by atoms with Gasteiger partial charge in [-0.15, -0.1) is 0 Å². The number of aromatic nitrogens is 1. The van der Waals surface area contributed by atoms with E-state index in [1.807, 2.05) is 25.1 Å². The van der Waals surface area contributed by atoms with Crippen molar-refractivity contribution in [3.63, 3.8) is 0 Å². The zero-order chi connectivity index (χ0) is 8.97. The highest BCUT2D eigenvalue weighted by Gasteiger charge is 1.99. The topological polar surface area (TPSA) is 22.1 Å². The number of nitrogens with zero attached hydrogens (tertiary/aromatic N) is 1. The SMILES string of the molecule is C=C(OCC)c1cccc(Br)n1. The highest BCUT2D eigenvalue weighted by atomic mass is 79.9. The summed E-state index contributed by atoms with van der Waals surface area (Å²) in [4.78, 5) is 4.18. The van der Waals surface area contributed by atoms with E-state index < -0.39 is 0 Å². The van der Waals surface area contributed by atoms with Gasteiger partial charge >= 0.3 is 0 Å². The maximum Gasteiger partial charge on any atom is 0.137 e. The van der Waals surface area contributed by atoms with Crippen molar-refractivity contribution in [1.82, 2.24) is 4.98 Å². The van der Waals surface area contributed by atoms with Crippen LogP contribution in [0.1, 0.15) is 12.6 Å². The molecule has 64 valence electrons. The standard InChI is InChI=1S/C9H10BrNO/c1-3-12-7(2)8-5-4-6-9(10)11-8/h4-6H,2-3H2,1H3. The predicted octanol–water partition coefficient (Wildman–Crippen LogP) is 2.85. The molecule has 0 spiro atoms. The Balaban J connectivity index is 2.81. The van der Waals surface area contributed by atoms with Crippen molar-refractivity contribution >= 4 is 21.7 Å². The lowest BCUT2D eigenvalue weighted by atomic mass is 10.3. The Bertz CT molecular complexity index is 286. The molecule has 1 aromatic heterocycles. The van der Waals surface area contributed by atoms with Crippen molar-refractivity contribution in [2.75, 3.05) is 6.61 Å². The van der Waals surface area contributed by atoms with Crippen LogP contribution in [0.2, 0.25) is 0 Å². The molecule has 0 aliphatic heterocycles. The molecule has 0 saturated heterocycles. The molecular weight excluding hydrogens is 218 g/mol. The highest BCUT2D eigenvalue weighted by molar-refractivity contribution is 9.10. The van der Waals surface area contributed by atoms with Crippen LogP contribution in [-0.2, 0) is 4.74 Å². The van der Waals surface area contributed by atoms with E-state index in [0.29, 0.717) is 12.4 Å². The van der Waals surface area contributed by atoms with Gasteiger partial charge in [-0.25, -0.2) is 4.98 Å². The lowest BCUT2D eigenvalue weighted by Gasteiger charge is -2.05. The van der Waals surface area contributed by atoms with Crippen LogP contribution in [0.3, 0.4) is 0 Å². The largest absolute Gasteiger partial charge is 0.492 e. The molecule has 0 fully saturated rings. The van der Waals surface area contributed by atoms with E-state index >= 15 is 0 Å². The summed E-state index contributed by atoms with van der Waals surface area (Å²) >= 11 is 3.27. The maximum atomic E-state index is 5.21. The number of ether oxygens (including phenoxy) is 1. The third-order valence-electron chi connectivity index (χ3n) is 1.32. The van der Waals surface area contributed by atoms with E-state index in [2.05, 4.69) is 27.5 Å². The van der Waals surface area contributed by atoms with E-state index in [4.69, 9.17) is 4.74 Å². The second kappa shape index (κ2) is 4.26. The summed E-state index contributed by atoms with van der Waals surface area (Å²) in [6.45, 7) is 6.29. The summed E-state index contributed by atoms with van der Waals surface area (Å²) in [5.41, 5.74) is 0.770. The molecule has 0 aliphatic rings. The molecule has 1 heterocycles. The normalized spacial score (nSPS) is 9.50. The first-order chi connectivity index (χ1) is 5.74. The summed E-state index contributed by atoms with van der Waals surface area (Å²) in [5, 5.41) is 0. The third kappa shape index (κ3) is 2.34. The lowest BCUT2D eigenvalue weighted by molar-refractivity contribution is 0.297. The summed E-state index contributed by atoms with van der Waals surface area (Å²) < 4.78 is 6.00. The molecule has 3 heteroatoms. The van der Waals surface area contributed by atoms with Crippen LogP contribution in [-0.4, -0.2) is 11.6 Å². The first kappa shape index (κ1) is 9.26. The molecule has 2 nitrogen and oxygen atoms in total. The molecule has 0 bridgehead atoms. The Morgan fingerprint density at radius 1 is 1.67 bits per heavy atom. The van der Waals surface area contributed by atoms with Crippen molar-refractivity contribution in [2.24, 2.45) is 0 Å². The Hall–Kier alpha value is -0.830. The summed E-state index contributed by atoms with van der Waals surface area (Å²) in [7, 11) is 0. The van der Waals surface area contributed by atoms with Crippen LogP contribution in [0.25, 0.3) is 5.76 Å². The lowest BCUT2D eigenvalue weighted by Crippen LogP contribution is -1.92. The summed E-state index contributed by atoms with van der Waals surface area (Å²) in [5.74, 6) is 0.610. The van der Waals surface area contributed by atoms with Gasteiger partial charge in [0.05, 0.1) is 6.61 Å². The maximum absolute atomic E-state index is 5.21. The molecule has 0 saturated carbocycles. The van der Waals surface area contributed by atoms with Crippen molar-refractivity contribution in [1.29, 1.82) is 0 Å². The van der Waals surface area contributed by atoms with Crippen LogP contribution in [0, 0.1) is 0 Å². The quantitative estimate of drug-likeness (QED) is 0.586. The molecular formula is C9H10BrNO. The van der Waals surface area contributed by atoms with Crippen LogP contribution in [0.5, 0.6) is 0 Å². The van der Waals surface area contributed by atoms with Gasteiger partial charge < -0.3 is 4.74 Å². The second-order valence-corrected chi connectivity index (χ2v) is 3.01. The van der Waals surface area contributed by atoms with Gasteiger partial charge in [0.1, 0.15) is 16.1 Å². The number of halogens is 1. The van der Waals surface area contributed by atoms with Crippen LogP contribution >= 0.6 is 15.9 Å². The first-order valence-electron chi connectivity index (χ1n) is 3.68. The van der Waals surface area contributed by atoms with Gasteiger partial charge in [0.15, 0.2) is 0 Å². The Labute approximate surface area is 80.4 Å². The number of pyridine rings is 1. The van der Waals surface area contributed by atoms with Gasteiger partial charge in [-0.2, -0.15) is 0 Å². The van der Waals surface area contributed by atoms with E-state index in [9.17, 15) is 0 Å². The van der Waals surface area contributed by atoms with Crippen molar-refractivity contribution in [3.05, 3.63) is 35.1 Å². The van der Waals surface area contributed by atoms with E-state index in [1.165, 1.54) is 0 Å². The number of hydrogen-bond acceptors (Lipinski definition) is 2. The number of rotatable bonds is 3. The van der Waals surface area contributed by atoms with E-state index in [-0.39, 0.29) is 0 Å². The Kier molecular flexibility index (Phi) is 3.29. The fraction of sp³-hybridized carbons (Fsp3) is 0.222. The molecule has 12 heavy (non-hydrogen) atoms. The molecule has 1 rings (SSSR count). The van der Waals surface area contributed by atoms with Gasteiger partial charge in [-0.05, 0) is 35.0 Å². The van der Waals surface area contributed by atoms with Gasteiger partial charge in [0, 0.05) is 0 Å². The zero-order valence-electron chi connectivity index (χ0n) is 6.88. The van der Waals surface area contributed by atoms with Crippen LogP contribution in [0.4, 0.5) is 0 Å². The molecule has 0 radical (unpaired) electrons. The fourth-order valence-electron chi connectivity index (χ4n) is 0.812. The summed E-state index contributed by atoms with van der Waals surface area (Å²) in [6.07, 6.45) is 0. The monoisotopic (exact) mass is 227 g/mol. The fourth-order valence-corrected chi connectivity index (χ4v) is 1.16.